The van der Waals surface area contributed by atoms with E-state index in [2.05, 4.69) is 76.1 Å². The Morgan fingerprint density at radius 2 is 1.65 bits per heavy atom. The van der Waals surface area contributed by atoms with Crippen molar-refractivity contribution in [2.45, 2.75) is 65.6 Å². The minimum absolute atomic E-state index is 0.397. The van der Waals surface area contributed by atoms with Crippen LogP contribution < -0.4 is 5.32 Å². The predicted octanol–water partition coefficient (Wildman–Crippen LogP) is 4.02. The van der Waals surface area contributed by atoms with Crippen molar-refractivity contribution in [2.24, 2.45) is 0 Å². The second kappa shape index (κ2) is 8.43. The molecule has 0 spiro atoms. The van der Waals surface area contributed by atoms with Gasteiger partial charge >= 0.3 is 0 Å². The second-order valence-corrected chi connectivity index (χ2v) is 6.03. The zero-order chi connectivity index (χ0) is 15.1. The Morgan fingerprint density at radius 3 is 2.10 bits per heavy atom. The Labute approximate surface area is 125 Å². The molecule has 114 valence electrons. The molecule has 20 heavy (non-hydrogen) atoms. The van der Waals surface area contributed by atoms with Crippen LogP contribution in [0.25, 0.3) is 0 Å². The molecule has 2 heteroatoms. The van der Waals surface area contributed by atoms with Crippen molar-refractivity contribution >= 4 is 0 Å². The van der Waals surface area contributed by atoms with Gasteiger partial charge in [0.15, 0.2) is 0 Å². The lowest BCUT2D eigenvalue weighted by Crippen LogP contribution is -2.44. The highest BCUT2D eigenvalue weighted by atomic mass is 15.2. The number of aryl methyl sites for hydroxylation is 1. The fraction of sp³-hybridized carbons (Fsp3) is 0.667. The summed E-state index contributed by atoms with van der Waals surface area (Å²) >= 11 is 0. The molecule has 2 unspecified atom stereocenters. The Kier molecular flexibility index (Phi) is 7.25. The first-order valence-electron chi connectivity index (χ1n) is 8.05. The lowest BCUT2D eigenvalue weighted by atomic mass is 9.97. The first-order chi connectivity index (χ1) is 9.51. The maximum absolute atomic E-state index is 3.72. The molecule has 0 saturated carbocycles. The third-order valence-electron chi connectivity index (χ3n) is 4.30. The van der Waals surface area contributed by atoms with Crippen LogP contribution in [0.5, 0.6) is 0 Å². The van der Waals surface area contributed by atoms with Crippen molar-refractivity contribution in [1.29, 1.82) is 0 Å². The summed E-state index contributed by atoms with van der Waals surface area (Å²) in [6, 6.07) is 10.5. The molecular weight excluding hydrogens is 244 g/mol. The van der Waals surface area contributed by atoms with Gasteiger partial charge in [-0.05, 0) is 58.3 Å². The molecule has 0 aromatic heterocycles. The summed E-state index contributed by atoms with van der Waals surface area (Å²) in [5, 5.41) is 3.72. The Morgan fingerprint density at radius 1 is 1.05 bits per heavy atom. The average Bonchev–Trinajstić information content (AvgIpc) is 2.47. The Balaban J connectivity index is 2.91. The van der Waals surface area contributed by atoms with Crippen molar-refractivity contribution in [3.05, 3.63) is 35.4 Å². The number of benzene rings is 1. The van der Waals surface area contributed by atoms with Crippen LogP contribution >= 0.6 is 0 Å². The zero-order valence-electron chi connectivity index (χ0n) is 14.1. The van der Waals surface area contributed by atoms with Crippen LogP contribution in [0.1, 0.15) is 58.2 Å². The molecule has 0 saturated heterocycles. The van der Waals surface area contributed by atoms with Crippen LogP contribution in [0.3, 0.4) is 0 Å². The molecule has 2 nitrogen and oxygen atoms in total. The van der Waals surface area contributed by atoms with E-state index in [1.54, 1.807) is 0 Å². The largest absolute Gasteiger partial charge is 0.309 e. The van der Waals surface area contributed by atoms with E-state index < -0.39 is 0 Å². The number of hydrogen-bond donors (Lipinski definition) is 1. The van der Waals surface area contributed by atoms with Crippen LogP contribution in [-0.2, 0) is 6.42 Å². The quantitative estimate of drug-likeness (QED) is 0.771. The molecule has 1 aromatic rings. The van der Waals surface area contributed by atoms with Gasteiger partial charge in [-0.25, -0.2) is 0 Å². The fourth-order valence-corrected chi connectivity index (χ4v) is 2.53. The predicted molar refractivity (Wildman–Crippen MR) is 89.2 cm³/mol. The minimum Gasteiger partial charge on any atom is -0.309 e. The highest BCUT2D eigenvalue weighted by molar-refractivity contribution is 5.26. The molecule has 0 fully saturated rings. The lowest BCUT2D eigenvalue weighted by molar-refractivity contribution is 0.168. The second-order valence-electron chi connectivity index (χ2n) is 6.03. The minimum atomic E-state index is 0.397. The van der Waals surface area contributed by atoms with Crippen LogP contribution in [-0.4, -0.2) is 30.6 Å². The maximum atomic E-state index is 3.72. The smallest absolute Gasteiger partial charge is 0.0475 e. The van der Waals surface area contributed by atoms with Gasteiger partial charge < -0.3 is 5.32 Å². The summed E-state index contributed by atoms with van der Waals surface area (Å²) in [5.74, 6) is 0. The Hall–Kier alpha value is -0.860. The zero-order valence-corrected chi connectivity index (χ0v) is 14.1. The van der Waals surface area contributed by atoms with E-state index in [4.69, 9.17) is 0 Å². The summed E-state index contributed by atoms with van der Waals surface area (Å²) in [6.07, 6.45) is 2.27. The molecule has 1 aromatic carbocycles. The van der Waals surface area contributed by atoms with E-state index in [0.717, 1.165) is 13.0 Å². The summed E-state index contributed by atoms with van der Waals surface area (Å²) in [4.78, 5) is 2.45. The molecule has 0 bridgehead atoms. The molecule has 0 aliphatic heterocycles. The van der Waals surface area contributed by atoms with Crippen molar-refractivity contribution in [2.75, 3.05) is 13.6 Å². The van der Waals surface area contributed by atoms with Gasteiger partial charge in [-0.15, -0.1) is 0 Å². The third kappa shape index (κ3) is 4.60. The standard InChI is InChI=1S/C18H32N2/c1-7-13-19-18(15(5)20(6)14(3)4)17-11-9-16(8-2)10-12-17/h9-12,14-15,18-19H,7-8,13H2,1-6H3. The van der Waals surface area contributed by atoms with Gasteiger partial charge in [-0.1, -0.05) is 38.1 Å². The van der Waals surface area contributed by atoms with Crippen molar-refractivity contribution < 1.29 is 0 Å². The van der Waals surface area contributed by atoms with E-state index in [9.17, 15) is 0 Å². The summed E-state index contributed by atoms with van der Waals surface area (Å²) in [7, 11) is 2.22. The van der Waals surface area contributed by atoms with Crippen LogP contribution in [0, 0.1) is 0 Å². The highest BCUT2D eigenvalue weighted by Crippen LogP contribution is 2.22. The topological polar surface area (TPSA) is 15.3 Å². The van der Waals surface area contributed by atoms with E-state index in [-0.39, 0.29) is 0 Å². The summed E-state index contributed by atoms with van der Waals surface area (Å²) < 4.78 is 0. The monoisotopic (exact) mass is 276 g/mol. The molecule has 1 N–H and O–H groups in total. The first-order valence-corrected chi connectivity index (χ1v) is 8.05. The molecule has 0 aliphatic carbocycles. The highest BCUT2D eigenvalue weighted by Gasteiger charge is 2.23. The molecule has 1 rings (SSSR count). The average molecular weight is 276 g/mol. The van der Waals surface area contributed by atoms with Crippen LogP contribution in [0.2, 0.25) is 0 Å². The van der Waals surface area contributed by atoms with Gasteiger partial charge in [0, 0.05) is 18.1 Å². The SMILES string of the molecule is CCCNC(c1ccc(CC)cc1)C(C)N(C)C(C)C. The van der Waals surface area contributed by atoms with Crippen molar-refractivity contribution in [3.8, 4) is 0 Å². The van der Waals surface area contributed by atoms with Crippen molar-refractivity contribution in [3.63, 3.8) is 0 Å². The van der Waals surface area contributed by atoms with Crippen LogP contribution in [0.4, 0.5) is 0 Å². The molecule has 0 aliphatic rings. The summed E-state index contributed by atoms with van der Waals surface area (Å²) in [5.41, 5.74) is 2.81. The fourth-order valence-electron chi connectivity index (χ4n) is 2.53. The van der Waals surface area contributed by atoms with Crippen molar-refractivity contribution in [1.82, 2.24) is 10.2 Å². The van der Waals surface area contributed by atoms with Gasteiger partial charge in [0.1, 0.15) is 0 Å². The van der Waals surface area contributed by atoms with Gasteiger partial charge in [0.05, 0.1) is 0 Å². The van der Waals surface area contributed by atoms with E-state index >= 15 is 0 Å². The number of nitrogens with zero attached hydrogens (tertiary/aromatic N) is 1. The van der Waals surface area contributed by atoms with Gasteiger partial charge in [0.25, 0.3) is 0 Å². The Bertz CT molecular complexity index is 370. The molecule has 0 heterocycles. The lowest BCUT2D eigenvalue weighted by Gasteiger charge is -2.35. The normalized spacial score (nSPS) is 14.8. The van der Waals surface area contributed by atoms with E-state index in [1.807, 2.05) is 0 Å². The molecule has 0 radical (unpaired) electrons. The first kappa shape index (κ1) is 17.2. The molecule has 2 atom stereocenters. The number of rotatable bonds is 8. The maximum Gasteiger partial charge on any atom is 0.0475 e. The van der Waals surface area contributed by atoms with Gasteiger partial charge in [0.2, 0.25) is 0 Å². The number of hydrogen-bond acceptors (Lipinski definition) is 2. The number of likely N-dealkylation sites (N-methyl/N-ethyl adjacent to an activating group) is 1. The summed E-state index contributed by atoms with van der Waals surface area (Å²) in [6.45, 7) is 12.3. The third-order valence-corrected chi connectivity index (χ3v) is 4.30. The molecular formula is C18H32N2. The van der Waals surface area contributed by atoms with Gasteiger partial charge in [-0.2, -0.15) is 0 Å². The van der Waals surface area contributed by atoms with Gasteiger partial charge in [-0.3, -0.25) is 4.90 Å². The number of nitrogens with one attached hydrogen (secondary N) is 1. The van der Waals surface area contributed by atoms with E-state index in [1.165, 1.54) is 17.5 Å². The van der Waals surface area contributed by atoms with Crippen LogP contribution in [0.15, 0.2) is 24.3 Å². The molecule has 0 amide bonds. The van der Waals surface area contributed by atoms with E-state index in [0.29, 0.717) is 18.1 Å².